The number of hydrogen-bond acceptors (Lipinski definition) is 3. The lowest BCUT2D eigenvalue weighted by Gasteiger charge is -2.16. The molecule has 0 radical (unpaired) electrons. The maximum Gasteiger partial charge on any atom is 0.224 e. The van der Waals surface area contributed by atoms with Crippen LogP contribution in [0.1, 0.15) is 26.7 Å². The average Bonchev–Trinajstić information content (AvgIpc) is 2.22. The minimum Gasteiger partial charge on any atom is -0.396 e. The highest BCUT2D eigenvalue weighted by Gasteiger charge is 2.12. The number of hydrogen-bond donors (Lipinski definition) is 3. The minimum absolute atomic E-state index is 0.00360. The van der Waals surface area contributed by atoms with Crippen molar-refractivity contribution >= 4 is 5.91 Å². The van der Waals surface area contributed by atoms with Gasteiger partial charge >= 0.3 is 0 Å². The zero-order valence-electron chi connectivity index (χ0n) is 9.12. The molecule has 0 saturated heterocycles. The smallest absolute Gasteiger partial charge is 0.224 e. The Balaban J connectivity index is 3.73. The number of aliphatic hydroxyl groups excluding tert-OH is 1. The number of nitrogens with two attached hydrogens (primary N) is 1. The van der Waals surface area contributed by atoms with Crippen LogP contribution in [0.15, 0.2) is 0 Å². The van der Waals surface area contributed by atoms with Crippen LogP contribution in [-0.2, 0) is 4.79 Å². The van der Waals surface area contributed by atoms with Gasteiger partial charge in [0.1, 0.15) is 0 Å². The third-order valence-corrected chi connectivity index (χ3v) is 2.48. The molecule has 0 saturated carbocycles. The highest BCUT2D eigenvalue weighted by molar-refractivity contribution is 5.78. The molecule has 4 nitrogen and oxygen atoms in total. The maximum absolute atomic E-state index is 11.3. The molecule has 0 aliphatic rings. The van der Waals surface area contributed by atoms with Gasteiger partial charge in [0.25, 0.3) is 0 Å². The van der Waals surface area contributed by atoms with Gasteiger partial charge in [-0.1, -0.05) is 20.3 Å². The SMILES string of the molecule is CCC(CCO)CNC(=O)C(C)CN. The van der Waals surface area contributed by atoms with E-state index in [9.17, 15) is 4.79 Å². The van der Waals surface area contributed by atoms with E-state index in [4.69, 9.17) is 10.8 Å². The second-order valence-corrected chi connectivity index (χ2v) is 3.67. The molecular formula is C10H22N2O2. The van der Waals surface area contributed by atoms with Crippen LogP contribution < -0.4 is 11.1 Å². The lowest BCUT2D eigenvalue weighted by atomic mass is 10.0. The molecule has 84 valence electrons. The molecule has 0 aromatic heterocycles. The lowest BCUT2D eigenvalue weighted by Crippen LogP contribution is -2.36. The molecule has 4 heteroatoms. The summed E-state index contributed by atoms with van der Waals surface area (Å²) >= 11 is 0. The summed E-state index contributed by atoms with van der Waals surface area (Å²) < 4.78 is 0. The summed E-state index contributed by atoms with van der Waals surface area (Å²) in [6, 6.07) is 0. The van der Waals surface area contributed by atoms with Crippen LogP contribution in [0.2, 0.25) is 0 Å². The van der Waals surface area contributed by atoms with Gasteiger partial charge in [-0.05, 0) is 12.3 Å². The van der Waals surface area contributed by atoms with Crippen LogP contribution in [0, 0.1) is 11.8 Å². The highest BCUT2D eigenvalue weighted by atomic mass is 16.3. The Labute approximate surface area is 85.9 Å². The summed E-state index contributed by atoms with van der Waals surface area (Å²) in [7, 11) is 0. The molecule has 0 aromatic rings. The van der Waals surface area contributed by atoms with E-state index in [1.807, 2.05) is 6.92 Å². The predicted octanol–water partition coefficient (Wildman–Crippen LogP) is 0.106. The first-order valence-corrected chi connectivity index (χ1v) is 5.24. The normalized spacial score (nSPS) is 14.9. The van der Waals surface area contributed by atoms with E-state index in [2.05, 4.69) is 12.2 Å². The van der Waals surface area contributed by atoms with Crippen molar-refractivity contribution in [2.75, 3.05) is 19.7 Å². The average molecular weight is 202 g/mol. The molecule has 0 aromatic carbocycles. The van der Waals surface area contributed by atoms with Crippen molar-refractivity contribution in [3.05, 3.63) is 0 Å². The molecule has 2 atom stereocenters. The Kier molecular flexibility index (Phi) is 7.42. The number of amides is 1. The van der Waals surface area contributed by atoms with Gasteiger partial charge in [-0.3, -0.25) is 4.79 Å². The van der Waals surface area contributed by atoms with E-state index in [1.54, 1.807) is 0 Å². The summed E-state index contributed by atoms with van der Waals surface area (Å²) in [5.74, 6) is 0.249. The van der Waals surface area contributed by atoms with Crippen LogP contribution in [-0.4, -0.2) is 30.7 Å². The van der Waals surface area contributed by atoms with E-state index in [1.165, 1.54) is 0 Å². The standard InChI is InChI=1S/C10H22N2O2/c1-3-9(4-5-13)7-12-10(14)8(2)6-11/h8-9,13H,3-7,11H2,1-2H3,(H,12,14). The van der Waals surface area contributed by atoms with Crippen molar-refractivity contribution in [2.24, 2.45) is 17.6 Å². The zero-order valence-corrected chi connectivity index (χ0v) is 9.12. The Hall–Kier alpha value is -0.610. The fraction of sp³-hybridized carbons (Fsp3) is 0.900. The molecule has 0 rings (SSSR count). The van der Waals surface area contributed by atoms with Crippen LogP contribution in [0.3, 0.4) is 0 Å². The molecular weight excluding hydrogens is 180 g/mol. The summed E-state index contributed by atoms with van der Waals surface area (Å²) in [5.41, 5.74) is 5.37. The topological polar surface area (TPSA) is 75.3 Å². The van der Waals surface area contributed by atoms with Crippen molar-refractivity contribution in [1.82, 2.24) is 5.32 Å². The van der Waals surface area contributed by atoms with Crippen molar-refractivity contribution < 1.29 is 9.90 Å². The van der Waals surface area contributed by atoms with Gasteiger partial charge in [0, 0.05) is 25.6 Å². The quantitative estimate of drug-likeness (QED) is 0.548. The molecule has 4 N–H and O–H groups in total. The summed E-state index contributed by atoms with van der Waals surface area (Å²) in [4.78, 5) is 11.3. The fourth-order valence-electron chi connectivity index (χ4n) is 1.16. The molecule has 0 spiro atoms. The number of carbonyl (C=O) groups excluding carboxylic acids is 1. The van der Waals surface area contributed by atoms with Gasteiger partial charge in [0.2, 0.25) is 5.91 Å². The van der Waals surface area contributed by atoms with E-state index < -0.39 is 0 Å². The summed E-state index contributed by atoms with van der Waals surface area (Å²) in [6.07, 6.45) is 1.71. The molecule has 0 bridgehead atoms. The van der Waals surface area contributed by atoms with Crippen molar-refractivity contribution in [3.63, 3.8) is 0 Å². The van der Waals surface area contributed by atoms with E-state index in [0.717, 1.165) is 12.8 Å². The highest BCUT2D eigenvalue weighted by Crippen LogP contribution is 2.05. The summed E-state index contributed by atoms with van der Waals surface area (Å²) in [5, 5.41) is 11.6. The zero-order chi connectivity index (χ0) is 11.0. The van der Waals surface area contributed by atoms with Crippen molar-refractivity contribution in [2.45, 2.75) is 26.7 Å². The van der Waals surface area contributed by atoms with Crippen molar-refractivity contribution in [3.8, 4) is 0 Å². The van der Waals surface area contributed by atoms with Crippen LogP contribution in [0.5, 0.6) is 0 Å². The predicted molar refractivity (Wildman–Crippen MR) is 56.7 cm³/mol. The molecule has 14 heavy (non-hydrogen) atoms. The second-order valence-electron chi connectivity index (χ2n) is 3.67. The van der Waals surface area contributed by atoms with Gasteiger partial charge in [0.15, 0.2) is 0 Å². The summed E-state index contributed by atoms with van der Waals surface area (Å²) in [6.45, 7) is 5.06. The number of rotatable bonds is 7. The lowest BCUT2D eigenvalue weighted by molar-refractivity contribution is -0.124. The molecule has 0 heterocycles. The Morgan fingerprint density at radius 3 is 2.64 bits per heavy atom. The first-order chi connectivity index (χ1) is 6.65. The van der Waals surface area contributed by atoms with E-state index in [-0.39, 0.29) is 18.4 Å². The molecule has 0 aliphatic carbocycles. The van der Waals surface area contributed by atoms with Crippen molar-refractivity contribution in [1.29, 1.82) is 0 Å². The Morgan fingerprint density at radius 1 is 1.57 bits per heavy atom. The van der Waals surface area contributed by atoms with Crippen LogP contribution in [0.4, 0.5) is 0 Å². The largest absolute Gasteiger partial charge is 0.396 e. The fourth-order valence-corrected chi connectivity index (χ4v) is 1.16. The van der Waals surface area contributed by atoms with Crippen LogP contribution >= 0.6 is 0 Å². The number of nitrogens with one attached hydrogen (secondary N) is 1. The Morgan fingerprint density at radius 2 is 2.21 bits per heavy atom. The minimum atomic E-state index is -0.123. The van der Waals surface area contributed by atoms with Gasteiger partial charge in [-0.15, -0.1) is 0 Å². The number of carbonyl (C=O) groups is 1. The second kappa shape index (κ2) is 7.76. The first kappa shape index (κ1) is 13.4. The molecule has 2 unspecified atom stereocenters. The maximum atomic E-state index is 11.3. The van der Waals surface area contributed by atoms with Gasteiger partial charge in [-0.2, -0.15) is 0 Å². The third-order valence-electron chi connectivity index (χ3n) is 2.48. The number of aliphatic hydroxyl groups is 1. The Bertz CT molecular complexity index is 162. The van der Waals surface area contributed by atoms with Gasteiger partial charge in [0.05, 0.1) is 0 Å². The van der Waals surface area contributed by atoms with E-state index in [0.29, 0.717) is 19.0 Å². The first-order valence-electron chi connectivity index (χ1n) is 5.24. The van der Waals surface area contributed by atoms with Gasteiger partial charge < -0.3 is 16.2 Å². The third kappa shape index (κ3) is 5.19. The van der Waals surface area contributed by atoms with E-state index >= 15 is 0 Å². The monoisotopic (exact) mass is 202 g/mol. The molecule has 1 amide bonds. The van der Waals surface area contributed by atoms with Gasteiger partial charge in [-0.25, -0.2) is 0 Å². The van der Waals surface area contributed by atoms with Crippen LogP contribution in [0.25, 0.3) is 0 Å². The molecule has 0 aliphatic heterocycles. The molecule has 0 fully saturated rings.